The highest BCUT2D eigenvalue weighted by atomic mass is 32.2. The zero-order valence-electron chi connectivity index (χ0n) is 10.1. The predicted molar refractivity (Wildman–Crippen MR) is 71.2 cm³/mol. The number of rotatable bonds is 3. The zero-order valence-corrected chi connectivity index (χ0v) is 10.9. The van der Waals surface area contributed by atoms with Gasteiger partial charge in [0.25, 0.3) is 0 Å². The monoisotopic (exact) mass is 270 g/mol. The number of pyridine rings is 1. The van der Waals surface area contributed by atoms with Crippen molar-refractivity contribution in [1.82, 2.24) is 4.98 Å². The van der Waals surface area contributed by atoms with Gasteiger partial charge in [0.15, 0.2) is 0 Å². The summed E-state index contributed by atoms with van der Waals surface area (Å²) < 4.78 is 0. The lowest BCUT2D eigenvalue weighted by Gasteiger charge is -2.04. The van der Waals surface area contributed by atoms with Crippen molar-refractivity contribution in [3.05, 3.63) is 53.2 Å². The highest BCUT2D eigenvalue weighted by molar-refractivity contribution is 7.99. The van der Waals surface area contributed by atoms with Crippen molar-refractivity contribution in [3.8, 4) is 6.07 Å². The van der Waals surface area contributed by atoms with Crippen molar-refractivity contribution >= 4 is 17.7 Å². The van der Waals surface area contributed by atoms with Gasteiger partial charge in [-0.2, -0.15) is 5.26 Å². The fourth-order valence-corrected chi connectivity index (χ4v) is 2.46. The lowest BCUT2D eigenvalue weighted by molar-refractivity contribution is 0.0696. The molecule has 0 aliphatic carbocycles. The molecule has 0 unspecified atom stereocenters. The first-order valence-corrected chi connectivity index (χ1v) is 6.30. The number of benzene rings is 1. The van der Waals surface area contributed by atoms with Crippen LogP contribution in [-0.2, 0) is 0 Å². The molecule has 0 radical (unpaired) electrons. The number of carbonyl (C=O) groups is 1. The smallest absolute Gasteiger partial charge is 0.335 e. The molecule has 1 aromatic carbocycles. The molecule has 0 fully saturated rings. The van der Waals surface area contributed by atoms with Crippen molar-refractivity contribution in [2.75, 3.05) is 0 Å². The van der Waals surface area contributed by atoms with Gasteiger partial charge in [-0.15, -0.1) is 0 Å². The Hall–Kier alpha value is -2.32. The average molecular weight is 270 g/mol. The highest BCUT2D eigenvalue weighted by Crippen LogP contribution is 2.27. The Bertz CT molecular complexity index is 677. The molecule has 0 bridgehead atoms. The Labute approximate surface area is 114 Å². The molecule has 0 aliphatic heterocycles. The Morgan fingerprint density at radius 1 is 1.37 bits per heavy atom. The summed E-state index contributed by atoms with van der Waals surface area (Å²) in [4.78, 5) is 15.9. The van der Waals surface area contributed by atoms with Crippen molar-refractivity contribution in [2.45, 2.75) is 16.8 Å². The van der Waals surface area contributed by atoms with Crippen molar-refractivity contribution in [1.29, 1.82) is 5.26 Å². The maximum atomic E-state index is 10.9. The number of carboxylic acid groups (broad SMARTS) is 1. The largest absolute Gasteiger partial charge is 0.478 e. The number of hydrogen-bond donors (Lipinski definition) is 1. The van der Waals surface area contributed by atoms with Crippen molar-refractivity contribution in [3.63, 3.8) is 0 Å². The van der Waals surface area contributed by atoms with Gasteiger partial charge in [-0.3, -0.25) is 0 Å². The third kappa shape index (κ3) is 3.12. The molecule has 1 N–H and O–H groups in total. The average Bonchev–Trinajstić information content (AvgIpc) is 2.39. The van der Waals surface area contributed by atoms with Gasteiger partial charge < -0.3 is 5.11 Å². The van der Waals surface area contributed by atoms with E-state index in [1.807, 2.05) is 19.1 Å². The topological polar surface area (TPSA) is 74.0 Å². The molecule has 1 aromatic heterocycles. The Kier molecular flexibility index (Phi) is 3.83. The van der Waals surface area contributed by atoms with Crippen LogP contribution in [-0.4, -0.2) is 16.1 Å². The van der Waals surface area contributed by atoms with E-state index < -0.39 is 5.97 Å². The summed E-state index contributed by atoms with van der Waals surface area (Å²) in [6, 6.07) is 10.6. The number of nitrogens with zero attached hydrogens (tertiary/aromatic N) is 2. The zero-order chi connectivity index (χ0) is 13.8. The van der Waals surface area contributed by atoms with Gasteiger partial charge in [0.2, 0.25) is 0 Å². The minimum atomic E-state index is -0.972. The van der Waals surface area contributed by atoms with Gasteiger partial charge in [0, 0.05) is 11.1 Å². The van der Waals surface area contributed by atoms with Gasteiger partial charge >= 0.3 is 5.97 Å². The molecular weight excluding hydrogens is 260 g/mol. The summed E-state index contributed by atoms with van der Waals surface area (Å²) in [7, 11) is 0. The van der Waals surface area contributed by atoms with Crippen LogP contribution in [0.4, 0.5) is 0 Å². The highest BCUT2D eigenvalue weighted by Gasteiger charge is 2.06. The van der Waals surface area contributed by atoms with E-state index in [2.05, 4.69) is 11.1 Å². The lowest BCUT2D eigenvalue weighted by atomic mass is 10.1. The quantitative estimate of drug-likeness (QED) is 0.927. The van der Waals surface area contributed by atoms with E-state index in [1.54, 1.807) is 6.07 Å². The molecule has 94 valence electrons. The summed E-state index contributed by atoms with van der Waals surface area (Å²) in [5.74, 6) is -0.972. The Balaban J connectivity index is 2.26. The van der Waals surface area contributed by atoms with Crippen LogP contribution in [0.5, 0.6) is 0 Å². The molecule has 19 heavy (non-hydrogen) atoms. The van der Waals surface area contributed by atoms with Crippen LogP contribution in [0.25, 0.3) is 0 Å². The molecule has 0 saturated carbocycles. The van der Waals surface area contributed by atoms with Crippen LogP contribution < -0.4 is 0 Å². The third-order valence-electron chi connectivity index (χ3n) is 2.52. The molecule has 0 saturated heterocycles. The standard InChI is InChI=1S/C14H10N2O2S/c1-9-6-12(3-2-11(9)8-15)19-13-7-10(14(17)18)4-5-16-13/h2-7H,1H3,(H,17,18). The number of carboxylic acids is 1. The summed E-state index contributed by atoms with van der Waals surface area (Å²) in [6.07, 6.45) is 1.47. The minimum Gasteiger partial charge on any atom is -0.478 e. The number of aryl methyl sites for hydroxylation is 1. The number of aromatic nitrogens is 1. The summed E-state index contributed by atoms with van der Waals surface area (Å²) >= 11 is 1.37. The molecule has 0 aliphatic rings. The SMILES string of the molecule is Cc1cc(Sc2cc(C(=O)O)ccn2)ccc1C#N. The summed E-state index contributed by atoms with van der Waals surface area (Å²) in [5.41, 5.74) is 1.74. The maximum Gasteiger partial charge on any atom is 0.335 e. The molecule has 5 heteroatoms. The molecule has 0 amide bonds. The lowest BCUT2D eigenvalue weighted by Crippen LogP contribution is -1.96. The second-order valence-electron chi connectivity index (χ2n) is 3.88. The van der Waals surface area contributed by atoms with Gasteiger partial charge in [0.1, 0.15) is 5.03 Å². The van der Waals surface area contributed by atoms with Gasteiger partial charge in [-0.05, 0) is 42.8 Å². The van der Waals surface area contributed by atoms with Crippen molar-refractivity contribution in [2.24, 2.45) is 0 Å². The van der Waals surface area contributed by atoms with Gasteiger partial charge in [-0.1, -0.05) is 11.8 Å². The Morgan fingerprint density at radius 3 is 2.79 bits per heavy atom. The van der Waals surface area contributed by atoms with Crippen LogP contribution in [0, 0.1) is 18.3 Å². The number of aromatic carboxylic acids is 1. The molecular formula is C14H10N2O2S. The summed E-state index contributed by atoms with van der Waals surface area (Å²) in [5, 5.41) is 18.4. The number of hydrogen-bond acceptors (Lipinski definition) is 4. The Morgan fingerprint density at radius 2 is 2.16 bits per heavy atom. The second kappa shape index (κ2) is 5.55. The van der Waals surface area contributed by atoms with Crippen LogP contribution in [0.15, 0.2) is 46.5 Å². The van der Waals surface area contributed by atoms with Crippen LogP contribution in [0.3, 0.4) is 0 Å². The minimum absolute atomic E-state index is 0.211. The van der Waals surface area contributed by atoms with E-state index in [-0.39, 0.29) is 5.56 Å². The molecule has 2 aromatic rings. The normalized spacial score (nSPS) is 9.89. The first-order chi connectivity index (χ1) is 9.10. The molecule has 0 atom stereocenters. The van der Waals surface area contributed by atoms with Gasteiger partial charge in [0.05, 0.1) is 17.2 Å². The second-order valence-corrected chi connectivity index (χ2v) is 4.97. The van der Waals surface area contributed by atoms with E-state index in [4.69, 9.17) is 10.4 Å². The fraction of sp³-hybridized carbons (Fsp3) is 0.0714. The van der Waals surface area contributed by atoms with E-state index in [1.165, 1.54) is 30.1 Å². The molecule has 2 rings (SSSR count). The van der Waals surface area contributed by atoms with E-state index in [9.17, 15) is 4.79 Å². The van der Waals surface area contributed by atoms with E-state index in [0.29, 0.717) is 10.6 Å². The molecule has 4 nitrogen and oxygen atoms in total. The van der Waals surface area contributed by atoms with E-state index >= 15 is 0 Å². The first kappa shape index (κ1) is 13.1. The first-order valence-electron chi connectivity index (χ1n) is 5.48. The maximum absolute atomic E-state index is 10.9. The predicted octanol–water partition coefficient (Wildman–Crippen LogP) is 3.11. The molecule has 0 spiro atoms. The van der Waals surface area contributed by atoms with E-state index in [0.717, 1.165) is 10.5 Å². The summed E-state index contributed by atoms with van der Waals surface area (Å²) in [6.45, 7) is 1.86. The molecule has 1 heterocycles. The van der Waals surface area contributed by atoms with Crippen molar-refractivity contribution < 1.29 is 9.90 Å². The third-order valence-corrected chi connectivity index (χ3v) is 3.44. The van der Waals surface area contributed by atoms with Gasteiger partial charge in [-0.25, -0.2) is 9.78 Å². The van der Waals surface area contributed by atoms with Crippen LogP contribution in [0.2, 0.25) is 0 Å². The van der Waals surface area contributed by atoms with Crippen LogP contribution >= 0.6 is 11.8 Å². The van der Waals surface area contributed by atoms with Crippen LogP contribution in [0.1, 0.15) is 21.5 Å². The number of nitriles is 1. The fourth-order valence-electron chi connectivity index (χ4n) is 1.54.